The number of aryl methyl sites for hydroxylation is 1. The fraction of sp³-hybridized carbons (Fsp3) is 0.692. The quantitative estimate of drug-likeness (QED) is 0.808. The smallest absolute Gasteiger partial charge is 0.276 e. The van der Waals surface area contributed by atoms with Crippen molar-refractivity contribution in [2.45, 2.75) is 19.4 Å². The molecule has 3 heterocycles. The third-order valence-corrected chi connectivity index (χ3v) is 3.57. The van der Waals surface area contributed by atoms with Crippen molar-refractivity contribution in [1.82, 2.24) is 10.1 Å². The zero-order chi connectivity index (χ0) is 13.2. The zero-order valence-corrected chi connectivity index (χ0v) is 11.0. The average molecular weight is 266 g/mol. The molecular weight excluding hydrogens is 248 g/mol. The summed E-state index contributed by atoms with van der Waals surface area (Å²) in [6.45, 7) is 5.42. The topological polar surface area (TPSA) is 64.8 Å². The van der Waals surface area contributed by atoms with Crippen molar-refractivity contribution in [3.8, 4) is 0 Å². The molecule has 104 valence electrons. The van der Waals surface area contributed by atoms with Gasteiger partial charge in [-0.15, -0.1) is 0 Å². The Kier molecular flexibility index (Phi) is 3.52. The van der Waals surface area contributed by atoms with E-state index in [-0.39, 0.29) is 12.0 Å². The average Bonchev–Trinajstić information content (AvgIpc) is 2.97. The van der Waals surface area contributed by atoms with Crippen molar-refractivity contribution in [3.63, 3.8) is 0 Å². The summed E-state index contributed by atoms with van der Waals surface area (Å²) < 4.78 is 16.0. The highest BCUT2D eigenvalue weighted by molar-refractivity contribution is 5.92. The number of hydrogen-bond acceptors (Lipinski definition) is 5. The van der Waals surface area contributed by atoms with E-state index in [1.165, 1.54) is 0 Å². The molecule has 2 aliphatic rings. The number of aromatic nitrogens is 1. The lowest BCUT2D eigenvalue weighted by molar-refractivity contribution is -0.0544. The zero-order valence-electron chi connectivity index (χ0n) is 11.0. The van der Waals surface area contributed by atoms with Crippen LogP contribution in [0.15, 0.2) is 10.6 Å². The molecule has 1 aromatic heterocycles. The third kappa shape index (κ3) is 2.79. The van der Waals surface area contributed by atoms with Crippen LogP contribution in [0, 0.1) is 12.8 Å². The van der Waals surface area contributed by atoms with Crippen LogP contribution in [0.1, 0.15) is 22.7 Å². The van der Waals surface area contributed by atoms with Crippen molar-refractivity contribution in [1.29, 1.82) is 0 Å². The largest absolute Gasteiger partial charge is 0.381 e. The molecule has 6 nitrogen and oxygen atoms in total. The van der Waals surface area contributed by atoms with Crippen LogP contribution < -0.4 is 0 Å². The number of amides is 1. The van der Waals surface area contributed by atoms with Gasteiger partial charge in [-0.1, -0.05) is 5.16 Å². The second kappa shape index (κ2) is 5.30. The van der Waals surface area contributed by atoms with Crippen LogP contribution in [0.5, 0.6) is 0 Å². The molecule has 6 heteroatoms. The first-order valence-corrected chi connectivity index (χ1v) is 6.64. The van der Waals surface area contributed by atoms with Crippen molar-refractivity contribution in [2.75, 3.05) is 32.9 Å². The van der Waals surface area contributed by atoms with Gasteiger partial charge in [-0.2, -0.15) is 0 Å². The van der Waals surface area contributed by atoms with E-state index in [0.29, 0.717) is 30.5 Å². The van der Waals surface area contributed by atoms with Crippen LogP contribution >= 0.6 is 0 Å². The summed E-state index contributed by atoms with van der Waals surface area (Å²) >= 11 is 0. The first-order chi connectivity index (χ1) is 9.22. The molecule has 2 saturated heterocycles. The first kappa shape index (κ1) is 12.6. The number of carbonyl (C=O) groups excluding carboxylic acids is 1. The van der Waals surface area contributed by atoms with Gasteiger partial charge < -0.3 is 18.9 Å². The Labute approximate surface area is 111 Å². The monoisotopic (exact) mass is 266 g/mol. The fourth-order valence-corrected chi connectivity index (χ4v) is 2.33. The number of carbonyl (C=O) groups is 1. The molecule has 1 atom stereocenters. The van der Waals surface area contributed by atoms with E-state index in [0.717, 1.165) is 26.2 Å². The van der Waals surface area contributed by atoms with Crippen LogP contribution in [0.25, 0.3) is 0 Å². The Morgan fingerprint density at radius 1 is 1.58 bits per heavy atom. The van der Waals surface area contributed by atoms with Crippen LogP contribution in [0.4, 0.5) is 0 Å². The number of rotatable bonds is 4. The summed E-state index contributed by atoms with van der Waals surface area (Å²) in [6.07, 6.45) is 1.23. The molecule has 1 aromatic rings. The molecule has 0 radical (unpaired) electrons. The van der Waals surface area contributed by atoms with E-state index in [1.54, 1.807) is 17.9 Å². The normalized spacial score (nSPS) is 23.6. The molecule has 1 unspecified atom stereocenters. The maximum absolute atomic E-state index is 12.0. The first-order valence-electron chi connectivity index (χ1n) is 6.64. The van der Waals surface area contributed by atoms with Crippen LogP contribution in [-0.4, -0.2) is 55.0 Å². The molecule has 1 amide bonds. The van der Waals surface area contributed by atoms with Gasteiger partial charge in [0.1, 0.15) is 5.76 Å². The second-order valence-electron chi connectivity index (χ2n) is 5.22. The van der Waals surface area contributed by atoms with Gasteiger partial charge >= 0.3 is 0 Å². The molecule has 0 aliphatic carbocycles. The predicted molar refractivity (Wildman–Crippen MR) is 65.8 cm³/mol. The van der Waals surface area contributed by atoms with Crippen molar-refractivity contribution in [3.05, 3.63) is 17.5 Å². The summed E-state index contributed by atoms with van der Waals surface area (Å²) in [5.41, 5.74) is 0.375. The molecule has 3 rings (SSSR count). The molecule has 0 N–H and O–H groups in total. The number of nitrogens with zero attached hydrogens (tertiary/aromatic N) is 2. The Balaban J connectivity index is 1.41. The Morgan fingerprint density at radius 3 is 3.05 bits per heavy atom. The van der Waals surface area contributed by atoms with Gasteiger partial charge in [0.05, 0.1) is 19.3 Å². The third-order valence-electron chi connectivity index (χ3n) is 3.57. The Morgan fingerprint density at radius 2 is 2.42 bits per heavy atom. The van der Waals surface area contributed by atoms with Crippen LogP contribution in [0.3, 0.4) is 0 Å². The molecule has 2 fully saturated rings. The fourth-order valence-electron chi connectivity index (χ4n) is 2.33. The standard InChI is InChI=1S/C13H18N2O4/c1-9-4-12(14-19-9)13(16)15-5-11(6-15)18-8-10-2-3-17-7-10/h4,10-11H,2-3,5-8H2,1H3. The minimum absolute atomic E-state index is 0.0825. The lowest BCUT2D eigenvalue weighted by atomic mass is 10.1. The highest BCUT2D eigenvalue weighted by Gasteiger charge is 2.33. The molecular formula is C13H18N2O4. The van der Waals surface area contributed by atoms with E-state index in [1.807, 2.05) is 0 Å². The summed E-state index contributed by atoms with van der Waals surface area (Å²) in [5.74, 6) is 1.08. The van der Waals surface area contributed by atoms with E-state index in [2.05, 4.69) is 5.16 Å². The van der Waals surface area contributed by atoms with Crippen molar-refractivity contribution < 1.29 is 18.8 Å². The SMILES string of the molecule is Cc1cc(C(=O)N2CC(OCC3CCOC3)C2)no1. The molecule has 0 bridgehead atoms. The van der Waals surface area contributed by atoms with Gasteiger partial charge in [-0.05, 0) is 13.3 Å². The van der Waals surface area contributed by atoms with Gasteiger partial charge in [0.25, 0.3) is 5.91 Å². The minimum Gasteiger partial charge on any atom is -0.381 e. The Bertz CT molecular complexity index is 447. The van der Waals surface area contributed by atoms with Gasteiger partial charge in [0.2, 0.25) is 0 Å². The van der Waals surface area contributed by atoms with Gasteiger partial charge in [-0.3, -0.25) is 4.79 Å². The molecule has 19 heavy (non-hydrogen) atoms. The molecule has 2 aliphatic heterocycles. The van der Waals surface area contributed by atoms with Gasteiger partial charge in [-0.25, -0.2) is 0 Å². The van der Waals surface area contributed by atoms with E-state index in [4.69, 9.17) is 14.0 Å². The van der Waals surface area contributed by atoms with E-state index >= 15 is 0 Å². The molecule has 0 saturated carbocycles. The maximum atomic E-state index is 12.0. The summed E-state index contributed by atoms with van der Waals surface area (Å²) in [6, 6.07) is 1.66. The lowest BCUT2D eigenvalue weighted by Gasteiger charge is -2.38. The second-order valence-corrected chi connectivity index (χ2v) is 5.22. The highest BCUT2D eigenvalue weighted by atomic mass is 16.5. The van der Waals surface area contributed by atoms with Gasteiger partial charge in [0, 0.05) is 31.7 Å². The highest BCUT2D eigenvalue weighted by Crippen LogP contribution is 2.19. The van der Waals surface area contributed by atoms with Crippen molar-refractivity contribution in [2.24, 2.45) is 5.92 Å². The van der Waals surface area contributed by atoms with E-state index < -0.39 is 0 Å². The lowest BCUT2D eigenvalue weighted by Crippen LogP contribution is -2.55. The Hall–Kier alpha value is -1.40. The minimum atomic E-state index is -0.0825. The number of hydrogen-bond donors (Lipinski definition) is 0. The van der Waals surface area contributed by atoms with E-state index in [9.17, 15) is 4.79 Å². The van der Waals surface area contributed by atoms with Crippen molar-refractivity contribution >= 4 is 5.91 Å². The number of ether oxygens (including phenoxy) is 2. The molecule has 0 spiro atoms. The molecule has 0 aromatic carbocycles. The van der Waals surface area contributed by atoms with Crippen LogP contribution in [0.2, 0.25) is 0 Å². The predicted octanol–water partition coefficient (Wildman–Crippen LogP) is 0.861. The van der Waals surface area contributed by atoms with Gasteiger partial charge in [0.15, 0.2) is 5.69 Å². The number of likely N-dealkylation sites (tertiary alicyclic amines) is 1. The summed E-state index contributed by atoms with van der Waals surface area (Å²) in [4.78, 5) is 13.7. The van der Waals surface area contributed by atoms with Crippen LogP contribution in [-0.2, 0) is 9.47 Å². The summed E-state index contributed by atoms with van der Waals surface area (Å²) in [7, 11) is 0. The maximum Gasteiger partial charge on any atom is 0.276 e. The summed E-state index contributed by atoms with van der Waals surface area (Å²) in [5, 5.41) is 3.73.